The molecule has 14 heavy (non-hydrogen) atoms. The van der Waals surface area contributed by atoms with Gasteiger partial charge in [0.25, 0.3) is 0 Å². The van der Waals surface area contributed by atoms with Gasteiger partial charge in [0.15, 0.2) is 0 Å². The molecule has 0 aromatic heterocycles. The van der Waals surface area contributed by atoms with Crippen LogP contribution in [0.2, 0.25) is 0 Å². The molecule has 0 amide bonds. The van der Waals surface area contributed by atoms with Crippen LogP contribution >= 0.6 is 15.9 Å². The van der Waals surface area contributed by atoms with Crippen molar-refractivity contribution < 1.29 is 0 Å². The Balaban J connectivity index is 2.07. The fraction of sp³-hybridized carbons (Fsp3) is 0.538. The summed E-state index contributed by atoms with van der Waals surface area (Å²) in [5.74, 6) is 1.61. The quantitative estimate of drug-likeness (QED) is 0.652. The molecule has 3 atom stereocenters. The highest BCUT2D eigenvalue weighted by molar-refractivity contribution is 9.09. The lowest BCUT2D eigenvalue weighted by Gasteiger charge is -2.31. The van der Waals surface area contributed by atoms with E-state index in [9.17, 15) is 0 Å². The van der Waals surface area contributed by atoms with Crippen molar-refractivity contribution >= 4 is 15.9 Å². The van der Waals surface area contributed by atoms with Crippen LogP contribution in [0.5, 0.6) is 0 Å². The molecule has 2 rings (SSSR count). The second-order valence-corrected chi connectivity index (χ2v) is 5.59. The van der Waals surface area contributed by atoms with Crippen LogP contribution in [0.15, 0.2) is 30.3 Å². The van der Waals surface area contributed by atoms with Crippen LogP contribution in [0.1, 0.15) is 37.7 Å². The summed E-state index contributed by atoms with van der Waals surface area (Å²) in [6.45, 7) is 2.36. The zero-order valence-electron chi connectivity index (χ0n) is 8.62. The Morgan fingerprint density at radius 3 is 2.50 bits per heavy atom. The third-order valence-corrected chi connectivity index (χ3v) is 4.70. The van der Waals surface area contributed by atoms with E-state index in [1.165, 1.54) is 24.8 Å². The molecule has 0 nitrogen and oxygen atoms in total. The van der Waals surface area contributed by atoms with Crippen molar-refractivity contribution in [1.29, 1.82) is 0 Å². The molecule has 1 saturated carbocycles. The molecule has 0 bridgehead atoms. The van der Waals surface area contributed by atoms with E-state index in [2.05, 4.69) is 53.2 Å². The Morgan fingerprint density at radius 1 is 1.14 bits per heavy atom. The molecule has 1 aliphatic rings. The second-order valence-electron chi connectivity index (χ2n) is 4.41. The molecular weight excluding hydrogens is 236 g/mol. The van der Waals surface area contributed by atoms with E-state index in [-0.39, 0.29) is 0 Å². The molecule has 0 N–H and O–H groups in total. The van der Waals surface area contributed by atoms with Gasteiger partial charge in [-0.15, -0.1) is 0 Å². The highest BCUT2D eigenvalue weighted by Gasteiger charge is 2.26. The smallest absolute Gasteiger partial charge is 0.0171 e. The highest BCUT2D eigenvalue weighted by Crippen LogP contribution is 2.38. The summed E-state index contributed by atoms with van der Waals surface area (Å²) in [6, 6.07) is 10.9. The molecule has 1 aromatic carbocycles. The van der Waals surface area contributed by atoms with Crippen LogP contribution in [0.3, 0.4) is 0 Å². The van der Waals surface area contributed by atoms with Gasteiger partial charge in [-0.2, -0.15) is 0 Å². The second kappa shape index (κ2) is 4.48. The summed E-state index contributed by atoms with van der Waals surface area (Å²) in [5, 5.41) is 0. The maximum Gasteiger partial charge on any atom is 0.0171 e. The van der Waals surface area contributed by atoms with Crippen LogP contribution in [0.25, 0.3) is 0 Å². The van der Waals surface area contributed by atoms with Crippen molar-refractivity contribution in [2.24, 2.45) is 5.92 Å². The van der Waals surface area contributed by atoms with Crippen LogP contribution in [0, 0.1) is 5.92 Å². The number of hydrogen-bond acceptors (Lipinski definition) is 0. The van der Waals surface area contributed by atoms with Crippen molar-refractivity contribution in [3.05, 3.63) is 35.9 Å². The van der Waals surface area contributed by atoms with Crippen LogP contribution in [-0.2, 0) is 0 Å². The number of halogens is 1. The van der Waals surface area contributed by atoms with Crippen LogP contribution < -0.4 is 0 Å². The van der Waals surface area contributed by atoms with E-state index >= 15 is 0 Å². The van der Waals surface area contributed by atoms with Crippen molar-refractivity contribution in [1.82, 2.24) is 0 Å². The van der Waals surface area contributed by atoms with Crippen molar-refractivity contribution in [2.45, 2.75) is 36.9 Å². The van der Waals surface area contributed by atoms with Crippen LogP contribution in [0.4, 0.5) is 0 Å². The van der Waals surface area contributed by atoms with Gasteiger partial charge >= 0.3 is 0 Å². The van der Waals surface area contributed by atoms with Gasteiger partial charge in [0.2, 0.25) is 0 Å². The average molecular weight is 253 g/mol. The summed E-state index contributed by atoms with van der Waals surface area (Å²) in [4.78, 5) is 0.738. The molecule has 1 aromatic rings. The normalized spacial score (nSPS) is 32.9. The molecule has 1 aliphatic carbocycles. The van der Waals surface area contributed by atoms with Gasteiger partial charge < -0.3 is 0 Å². The molecule has 0 aliphatic heterocycles. The summed E-state index contributed by atoms with van der Waals surface area (Å²) >= 11 is 3.75. The van der Waals surface area contributed by atoms with Crippen molar-refractivity contribution in [2.75, 3.05) is 0 Å². The van der Waals surface area contributed by atoms with Gasteiger partial charge in [-0.25, -0.2) is 0 Å². The molecule has 1 heteroatoms. The standard InChI is InChI=1S/C13H17Br/c1-10-9-12(7-8-13(10)14)11-5-3-2-4-6-11/h2-6,10,12-13H,7-9H2,1H3. The SMILES string of the molecule is CC1CC(c2ccccc2)CCC1Br. The van der Waals surface area contributed by atoms with E-state index in [1.54, 1.807) is 0 Å². The first-order valence-corrected chi connectivity index (χ1v) is 6.38. The average Bonchev–Trinajstić information content (AvgIpc) is 2.23. The minimum absolute atomic E-state index is 0.738. The van der Waals surface area contributed by atoms with Gasteiger partial charge in [-0.05, 0) is 36.7 Å². The van der Waals surface area contributed by atoms with E-state index in [0.717, 1.165) is 16.7 Å². The third-order valence-electron chi connectivity index (χ3n) is 3.34. The van der Waals surface area contributed by atoms with Gasteiger partial charge in [0, 0.05) is 4.83 Å². The van der Waals surface area contributed by atoms with E-state index in [4.69, 9.17) is 0 Å². The fourth-order valence-electron chi connectivity index (χ4n) is 2.39. The molecule has 0 saturated heterocycles. The van der Waals surface area contributed by atoms with Gasteiger partial charge in [0.1, 0.15) is 0 Å². The first-order chi connectivity index (χ1) is 6.77. The molecule has 0 heterocycles. The Morgan fingerprint density at radius 2 is 1.86 bits per heavy atom. The highest BCUT2D eigenvalue weighted by atomic mass is 79.9. The lowest BCUT2D eigenvalue weighted by atomic mass is 9.79. The van der Waals surface area contributed by atoms with Crippen molar-refractivity contribution in [3.63, 3.8) is 0 Å². The summed E-state index contributed by atoms with van der Waals surface area (Å²) in [6.07, 6.45) is 3.99. The zero-order chi connectivity index (χ0) is 9.97. The zero-order valence-corrected chi connectivity index (χ0v) is 10.2. The minimum atomic E-state index is 0.738. The Bertz CT molecular complexity index is 281. The first kappa shape index (κ1) is 10.2. The van der Waals surface area contributed by atoms with Crippen molar-refractivity contribution in [3.8, 4) is 0 Å². The predicted octanol–water partition coefficient (Wildman–Crippen LogP) is 4.35. The topological polar surface area (TPSA) is 0 Å². The minimum Gasteiger partial charge on any atom is -0.0888 e. The Kier molecular flexibility index (Phi) is 3.27. The number of hydrogen-bond donors (Lipinski definition) is 0. The number of alkyl halides is 1. The van der Waals surface area contributed by atoms with Crippen LogP contribution in [-0.4, -0.2) is 4.83 Å². The molecule has 76 valence electrons. The lowest BCUT2D eigenvalue weighted by molar-refractivity contribution is 0.359. The largest absolute Gasteiger partial charge is 0.0888 e. The third kappa shape index (κ3) is 2.20. The lowest BCUT2D eigenvalue weighted by Crippen LogP contribution is -2.21. The predicted molar refractivity (Wildman–Crippen MR) is 64.9 cm³/mol. The first-order valence-electron chi connectivity index (χ1n) is 5.46. The van der Waals surface area contributed by atoms with E-state index in [0.29, 0.717) is 0 Å². The summed E-state index contributed by atoms with van der Waals surface area (Å²) < 4.78 is 0. The molecular formula is C13H17Br. The fourth-order valence-corrected chi connectivity index (χ4v) is 2.87. The monoisotopic (exact) mass is 252 g/mol. The molecule has 1 fully saturated rings. The van der Waals surface area contributed by atoms with Gasteiger partial charge in [-0.1, -0.05) is 53.2 Å². The summed E-state index contributed by atoms with van der Waals surface area (Å²) in [7, 11) is 0. The molecule has 0 radical (unpaired) electrons. The van der Waals surface area contributed by atoms with E-state index < -0.39 is 0 Å². The maximum atomic E-state index is 3.75. The maximum absolute atomic E-state index is 3.75. The number of benzene rings is 1. The summed E-state index contributed by atoms with van der Waals surface area (Å²) in [5.41, 5.74) is 1.53. The van der Waals surface area contributed by atoms with Gasteiger partial charge in [-0.3, -0.25) is 0 Å². The Hall–Kier alpha value is -0.300. The van der Waals surface area contributed by atoms with E-state index in [1.807, 2.05) is 0 Å². The Labute approximate surface area is 94.8 Å². The molecule has 0 spiro atoms. The van der Waals surface area contributed by atoms with Gasteiger partial charge in [0.05, 0.1) is 0 Å². The number of rotatable bonds is 1. The molecule has 3 unspecified atom stereocenters.